The molecule has 0 radical (unpaired) electrons. The second kappa shape index (κ2) is 6.23. The molecule has 0 saturated carbocycles. The van der Waals surface area contributed by atoms with E-state index < -0.39 is 10.0 Å². The highest BCUT2D eigenvalue weighted by Crippen LogP contribution is 2.23. The normalized spacial score (nSPS) is 19.1. The van der Waals surface area contributed by atoms with Crippen molar-refractivity contribution in [1.82, 2.24) is 4.98 Å². The van der Waals surface area contributed by atoms with Crippen LogP contribution >= 0.6 is 11.3 Å². The van der Waals surface area contributed by atoms with Crippen LogP contribution in [-0.2, 0) is 14.8 Å². The molecule has 0 bridgehead atoms. The van der Waals surface area contributed by atoms with E-state index in [1.165, 1.54) is 11.7 Å². The van der Waals surface area contributed by atoms with Gasteiger partial charge in [-0.2, -0.15) is 0 Å². The Balaban J connectivity index is 1.72. The third kappa shape index (κ3) is 3.40. The van der Waals surface area contributed by atoms with Gasteiger partial charge >= 0.3 is 0 Å². The fourth-order valence-electron chi connectivity index (χ4n) is 2.34. The standard InChI is InChI=1S/C14H17N3O3S2/c1-11-9-17(6-7-20-11)13-4-2-12(3-5-13)16-22(18,19)14-8-15-10-21-14/h2-5,8,10-11,16H,6-7,9H2,1H3. The first-order valence-electron chi connectivity index (χ1n) is 6.92. The monoisotopic (exact) mass is 339 g/mol. The van der Waals surface area contributed by atoms with Gasteiger partial charge in [-0.25, -0.2) is 8.42 Å². The quantitative estimate of drug-likeness (QED) is 0.924. The minimum absolute atomic E-state index is 0.207. The Hall–Kier alpha value is -1.64. The van der Waals surface area contributed by atoms with Crippen molar-refractivity contribution in [3.63, 3.8) is 0 Å². The van der Waals surface area contributed by atoms with E-state index in [-0.39, 0.29) is 10.3 Å². The van der Waals surface area contributed by atoms with Gasteiger partial charge in [-0.1, -0.05) is 0 Å². The molecule has 3 rings (SSSR count). The Morgan fingerprint density at radius 2 is 2.14 bits per heavy atom. The largest absolute Gasteiger partial charge is 0.375 e. The average molecular weight is 339 g/mol. The fourth-order valence-corrected chi connectivity index (χ4v) is 4.19. The second-order valence-corrected chi connectivity index (χ2v) is 7.90. The number of rotatable bonds is 4. The van der Waals surface area contributed by atoms with Crippen molar-refractivity contribution in [3.05, 3.63) is 36.0 Å². The van der Waals surface area contributed by atoms with E-state index in [1.54, 1.807) is 12.1 Å². The highest BCUT2D eigenvalue weighted by molar-refractivity contribution is 7.94. The van der Waals surface area contributed by atoms with Crippen LogP contribution in [0.15, 0.2) is 40.2 Å². The highest BCUT2D eigenvalue weighted by atomic mass is 32.2. The van der Waals surface area contributed by atoms with E-state index in [0.717, 1.165) is 30.1 Å². The Morgan fingerprint density at radius 1 is 1.36 bits per heavy atom. The number of nitrogens with one attached hydrogen (secondary N) is 1. The predicted octanol–water partition coefficient (Wildman–Crippen LogP) is 2.17. The maximum absolute atomic E-state index is 12.1. The van der Waals surface area contributed by atoms with E-state index in [0.29, 0.717) is 12.3 Å². The van der Waals surface area contributed by atoms with Gasteiger partial charge in [0.2, 0.25) is 0 Å². The summed E-state index contributed by atoms with van der Waals surface area (Å²) in [6, 6.07) is 7.38. The topological polar surface area (TPSA) is 71.5 Å². The van der Waals surface area contributed by atoms with Gasteiger partial charge in [0.05, 0.1) is 24.4 Å². The van der Waals surface area contributed by atoms with Crippen LogP contribution in [0, 0.1) is 0 Å². The van der Waals surface area contributed by atoms with Gasteiger partial charge in [0.15, 0.2) is 4.21 Å². The molecule has 1 aliphatic heterocycles. The molecule has 1 aliphatic rings. The van der Waals surface area contributed by atoms with E-state index in [1.807, 2.05) is 19.1 Å². The molecule has 1 aromatic carbocycles. The van der Waals surface area contributed by atoms with Crippen LogP contribution < -0.4 is 9.62 Å². The summed E-state index contributed by atoms with van der Waals surface area (Å²) in [7, 11) is -3.54. The van der Waals surface area contributed by atoms with Gasteiger partial charge in [-0.15, -0.1) is 11.3 Å². The summed E-state index contributed by atoms with van der Waals surface area (Å²) < 4.78 is 32.5. The molecule has 8 heteroatoms. The zero-order chi connectivity index (χ0) is 15.6. The number of sulfonamides is 1. The third-order valence-corrected chi connectivity index (χ3v) is 6.05. The van der Waals surface area contributed by atoms with Crippen molar-refractivity contribution in [2.75, 3.05) is 29.3 Å². The molecule has 118 valence electrons. The van der Waals surface area contributed by atoms with Crippen LogP contribution in [0.4, 0.5) is 11.4 Å². The molecule has 1 saturated heterocycles. The summed E-state index contributed by atoms with van der Waals surface area (Å²) in [5.74, 6) is 0. The van der Waals surface area contributed by atoms with Crippen molar-refractivity contribution in [2.24, 2.45) is 0 Å². The lowest BCUT2D eigenvalue weighted by Crippen LogP contribution is -2.41. The lowest BCUT2D eigenvalue weighted by atomic mass is 10.2. The molecule has 2 aromatic rings. The minimum Gasteiger partial charge on any atom is -0.375 e. The van der Waals surface area contributed by atoms with Gasteiger partial charge in [0, 0.05) is 24.5 Å². The Kier molecular flexibility index (Phi) is 4.32. The fraction of sp³-hybridized carbons (Fsp3) is 0.357. The number of benzene rings is 1. The van der Waals surface area contributed by atoms with Crippen LogP contribution in [0.5, 0.6) is 0 Å². The third-order valence-electron chi connectivity index (χ3n) is 3.40. The minimum atomic E-state index is -3.54. The molecular formula is C14H17N3O3S2. The summed E-state index contributed by atoms with van der Waals surface area (Å²) in [5.41, 5.74) is 3.10. The number of thiazole rings is 1. The molecule has 0 aliphatic carbocycles. The summed E-state index contributed by atoms with van der Waals surface area (Å²) >= 11 is 1.09. The Labute approximate surface area is 133 Å². The van der Waals surface area contributed by atoms with E-state index in [2.05, 4.69) is 14.6 Å². The predicted molar refractivity (Wildman–Crippen MR) is 87.0 cm³/mol. The van der Waals surface area contributed by atoms with Crippen molar-refractivity contribution in [3.8, 4) is 0 Å². The molecule has 2 heterocycles. The van der Waals surface area contributed by atoms with Crippen LogP contribution in [0.3, 0.4) is 0 Å². The maximum atomic E-state index is 12.1. The highest BCUT2D eigenvalue weighted by Gasteiger charge is 2.18. The first kappa shape index (κ1) is 15.3. The number of hydrogen-bond acceptors (Lipinski definition) is 6. The molecule has 1 unspecified atom stereocenters. The van der Waals surface area contributed by atoms with Crippen molar-refractivity contribution >= 4 is 32.7 Å². The summed E-state index contributed by atoms with van der Waals surface area (Å²) in [4.78, 5) is 6.03. The van der Waals surface area contributed by atoms with Crippen LogP contribution in [0.25, 0.3) is 0 Å². The lowest BCUT2D eigenvalue weighted by molar-refractivity contribution is 0.0532. The Bertz CT molecular complexity index is 714. The Morgan fingerprint density at radius 3 is 2.77 bits per heavy atom. The molecule has 1 aromatic heterocycles. The van der Waals surface area contributed by atoms with E-state index in [4.69, 9.17) is 4.74 Å². The van der Waals surface area contributed by atoms with E-state index in [9.17, 15) is 8.42 Å². The van der Waals surface area contributed by atoms with Crippen molar-refractivity contribution in [1.29, 1.82) is 0 Å². The van der Waals surface area contributed by atoms with Crippen LogP contribution in [0.1, 0.15) is 6.92 Å². The number of hydrogen-bond donors (Lipinski definition) is 1. The number of ether oxygens (including phenoxy) is 1. The van der Waals surface area contributed by atoms with Gasteiger partial charge in [0.1, 0.15) is 0 Å². The summed E-state index contributed by atoms with van der Waals surface area (Å²) in [5, 5.41) is 0. The molecule has 1 atom stereocenters. The SMILES string of the molecule is CC1CN(c2ccc(NS(=O)(=O)c3cncs3)cc2)CCO1. The summed E-state index contributed by atoms with van der Waals surface area (Å²) in [6.07, 6.45) is 1.55. The number of aromatic nitrogens is 1. The molecule has 22 heavy (non-hydrogen) atoms. The lowest BCUT2D eigenvalue weighted by Gasteiger charge is -2.33. The van der Waals surface area contributed by atoms with Gasteiger partial charge in [-0.3, -0.25) is 9.71 Å². The van der Waals surface area contributed by atoms with Gasteiger partial charge in [-0.05, 0) is 31.2 Å². The zero-order valence-corrected chi connectivity index (χ0v) is 13.7. The van der Waals surface area contributed by atoms with Crippen LogP contribution in [-0.4, -0.2) is 39.2 Å². The first-order valence-corrected chi connectivity index (χ1v) is 9.29. The second-order valence-electron chi connectivity index (χ2n) is 5.10. The maximum Gasteiger partial charge on any atom is 0.273 e. The molecule has 0 amide bonds. The van der Waals surface area contributed by atoms with Crippen molar-refractivity contribution < 1.29 is 13.2 Å². The molecule has 6 nitrogen and oxygen atoms in total. The number of anilines is 2. The number of nitrogens with zero attached hydrogens (tertiary/aromatic N) is 2. The number of morpholine rings is 1. The van der Waals surface area contributed by atoms with Crippen molar-refractivity contribution in [2.45, 2.75) is 17.2 Å². The average Bonchev–Trinajstić information content (AvgIpc) is 3.03. The van der Waals surface area contributed by atoms with Gasteiger partial charge < -0.3 is 9.64 Å². The smallest absolute Gasteiger partial charge is 0.273 e. The molecule has 0 spiro atoms. The molecular weight excluding hydrogens is 322 g/mol. The van der Waals surface area contributed by atoms with E-state index >= 15 is 0 Å². The molecule has 1 N–H and O–H groups in total. The summed E-state index contributed by atoms with van der Waals surface area (Å²) in [6.45, 7) is 4.44. The van der Waals surface area contributed by atoms with Gasteiger partial charge in [0.25, 0.3) is 10.0 Å². The zero-order valence-electron chi connectivity index (χ0n) is 12.1. The van der Waals surface area contributed by atoms with Crippen LogP contribution in [0.2, 0.25) is 0 Å². The molecule has 1 fully saturated rings. The first-order chi connectivity index (χ1) is 10.5.